The molecule has 1 saturated heterocycles. The lowest BCUT2D eigenvalue weighted by Gasteiger charge is -2.26. The number of nitrogens with one attached hydrogen (secondary N) is 1. The number of piperidine rings is 1. The van der Waals surface area contributed by atoms with Gasteiger partial charge >= 0.3 is 0 Å². The quantitative estimate of drug-likeness (QED) is 0.230. The number of carbonyl (C=O) groups excluding carboxylic acids is 1. The third kappa shape index (κ3) is 6.47. The van der Waals surface area contributed by atoms with Crippen LogP contribution in [0.3, 0.4) is 0 Å². The second-order valence-corrected chi connectivity index (χ2v) is 12.8. The second kappa shape index (κ2) is 12.2. The standard InChI is InChI=1S/C31H34ClN3O4S/c1-21(2)20-39-40(37,38)25-13-14-28-26(18-25)29(31(36)34-28)30(22-9-5-3-6-10-22)33-24-12-11-23(27(32)17-24)19-35-15-7-4-8-16-35/h3,5-6,9-14,17-18,21,29H,4,7-8,15-16,19-20H2,1-2H3,(H,34,36). The van der Waals surface area contributed by atoms with Gasteiger partial charge in [0.15, 0.2) is 0 Å². The van der Waals surface area contributed by atoms with Crippen LogP contribution >= 0.6 is 11.6 Å². The monoisotopic (exact) mass is 579 g/mol. The molecule has 0 aliphatic carbocycles. The Morgan fingerprint density at radius 2 is 1.80 bits per heavy atom. The number of hydrogen-bond donors (Lipinski definition) is 1. The highest BCUT2D eigenvalue weighted by molar-refractivity contribution is 7.86. The van der Waals surface area contributed by atoms with Crippen molar-refractivity contribution in [3.05, 3.63) is 88.4 Å². The molecule has 2 heterocycles. The number of carbonyl (C=O) groups is 1. The largest absolute Gasteiger partial charge is 0.325 e. The average molecular weight is 580 g/mol. The van der Waals surface area contributed by atoms with Gasteiger partial charge in [0.1, 0.15) is 5.92 Å². The Labute approximate surface area is 241 Å². The summed E-state index contributed by atoms with van der Waals surface area (Å²) in [6.07, 6.45) is 3.69. The van der Waals surface area contributed by atoms with Crippen LogP contribution in [0.15, 0.2) is 76.6 Å². The molecule has 40 heavy (non-hydrogen) atoms. The van der Waals surface area contributed by atoms with Crippen LogP contribution in [0.1, 0.15) is 55.7 Å². The van der Waals surface area contributed by atoms with Gasteiger partial charge < -0.3 is 5.32 Å². The Kier molecular flexibility index (Phi) is 8.71. The van der Waals surface area contributed by atoms with E-state index in [0.717, 1.165) is 30.8 Å². The van der Waals surface area contributed by atoms with Crippen molar-refractivity contribution in [1.82, 2.24) is 4.90 Å². The van der Waals surface area contributed by atoms with Crippen LogP contribution in [0.2, 0.25) is 5.02 Å². The highest BCUT2D eigenvalue weighted by Gasteiger charge is 2.36. The van der Waals surface area contributed by atoms with Crippen molar-refractivity contribution in [3.8, 4) is 0 Å². The van der Waals surface area contributed by atoms with Gasteiger partial charge in [-0.05, 0) is 78.9 Å². The van der Waals surface area contributed by atoms with E-state index in [1.54, 1.807) is 6.07 Å². The number of fused-ring (bicyclic) bond motifs is 1. The Hall–Kier alpha value is -3.04. The van der Waals surface area contributed by atoms with Gasteiger partial charge in [-0.15, -0.1) is 0 Å². The number of hydrogen-bond acceptors (Lipinski definition) is 6. The van der Waals surface area contributed by atoms with Crippen molar-refractivity contribution in [2.75, 3.05) is 25.0 Å². The van der Waals surface area contributed by atoms with Gasteiger partial charge in [-0.3, -0.25) is 18.9 Å². The summed E-state index contributed by atoms with van der Waals surface area (Å²) in [4.78, 5) is 20.7. The second-order valence-electron chi connectivity index (χ2n) is 10.8. The number of benzene rings is 3. The fourth-order valence-electron chi connectivity index (χ4n) is 5.10. The molecule has 1 unspecified atom stereocenters. The molecule has 1 atom stereocenters. The number of amides is 1. The lowest BCUT2D eigenvalue weighted by atomic mass is 9.90. The Bertz CT molecular complexity index is 1520. The summed E-state index contributed by atoms with van der Waals surface area (Å²) in [6.45, 7) is 6.78. The molecule has 7 nitrogen and oxygen atoms in total. The van der Waals surface area contributed by atoms with Gasteiger partial charge in [0.25, 0.3) is 10.1 Å². The number of halogens is 1. The highest BCUT2D eigenvalue weighted by atomic mass is 35.5. The SMILES string of the molecule is CC(C)COS(=O)(=O)c1ccc2c(c1)C(C(=Nc1ccc(CN3CCCCC3)c(Cl)c1)c1ccccc1)C(=O)N2. The minimum Gasteiger partial charge on any atom is -0.325 e. The molecule has 3 aromatic rings. The van der Waals surface area contributed by atoms with Gasteiger partial charge in [-0.1, -0.05) is 68.3 Å². The van der Waals surface area contributed by atoms with Crippen molar-refractivity contribution in [2.45, 2.75) is 50.5 Å². The third-order valence-corrected chi connectivity index (χ3v) is 8.80. The van der Waals surface area contributed by atoms with E-state index in [4.69, 9.17) is 20.8 Å². The number of aliphatic imine (C=N–C) groups is 1. The molecule has 1 fully saturated rings. The van der Waals surface area contributed by atoms with E-state index in [1.165, 1.54) is 31.4 Å². The molecular weight excluding hydrogens is 546 g/mol. The fourth-order valence-corrected chi connectivity index (χ4v) is 6.42. The molecule has 0 spiro atoms. The molecule has 210 valence electrons. The number of anilines is 1. The lowest BCUT2D eigenvalue weighted by Crippen LogP contribution is -2.29. The molecule has 2 aliphatic rings. The fraction of sp³-hybridized carbons (Fsp3) is 0.355. The van der Waals surface area contributed by atoms with Gasteiger partial charge in [0.05, 0.1) is 22.9 Å². The summed E-state index contributed by atoms with van der Waals surface area (Å²) >= 11 is 6.71. The first-order valence-electron chi connectivity index (χ1n) is 13.7. The van der Waals surface area contributed by atoms with Crippen molar-refractivity contribution in [3.63, 3.8) is 0 Å². The molecule has 9 heteroatoms. The van der Waals surface area contributed by atoms with Gasteiger partial charge in [0, 0.05) is 17.3 Å². The van der Waals surface area contributed by atoms with Crippen molar-refractivity contribution < 1.29 is 17.4 Å². The normalized spacial score (nSPS) is 18.1. The van der Waals surface area contributed by atoms with E-state index in [0.29, 0.717) is 27.7 Å². The predicted octanol–water partition coefficient (Wildman–Crippen LogP) is 6.54. The maximum atomic E-state index is 13.4. The molecule has 0 saturated carbocycles. The van der Waals surface area contributed by atoms with Crippen LogP contribution in [0.5, 0.6) is 0 Å². The first kappa shape index (κ1) is 28.5. The average Bonchev–Trinajstić information content (AvgIpc) is 3.28. The molecule has 0 aromatic heterocycles. The molecule has 5 rings (SSSR count). The van der Waals surface area contributed by atoms with Crippen LogP contribution in [0.25, 0.3) is 0 Å². The van der Waals surface area contributed by atoms with E-state index >= 15 is 0 Å². The first-order chi connectivity index (χ1) is 19.2. The van der Waals surface area contributed by atoms with Crippen LogP contribution in [-0.4, -0.2) is 44.6 Å². The maximum absolute atomic E-state index is 13.4. The summed E-state index contributed by atoms with van der Waals surface area (Å²) < 4.78 is 31.0. The molecule has 0 radical (unpaired) electrons. The van der Waals surface area contributed by atoms with Crippen LogP contribution in [0, 0.1) is 5.92 Å². The first-order valence-corrected chi connectivity index (χ1v) is 15.5. The molecule has 0 bridgehead atoms. The predicted molar refractivity (Wildman–Crippen MR) is 159 cm³/mol. The lowest BCUT2D eigenvalue weighted by molar-refractivity contribution is -0.115. The maximum Gasteiger partial charge on any atom is 0.296 e. The zero-order chi connectivity index (χ0) is 28.3. The van der Waals surface area contributed by atoms with E-state index in [9.17, 15) is 13.2 Å². The van der Waals surface area contributed by atoms with Gasteiger partial charge in [-0.2, -0.15) is 8.42 Å². The molecule has 2 aliphatic heterocycles. The van der Waals surface area contributed by atoms with Crippen molar-refractivity contribution in [2.24, 2.45) is 10.9 Å². The van der Waals surface area contributed by atoms with E-state index < -0.39 is 16.0 Å². The topological polar surface area (TPSA) is 88.1 Å². The summed E-state index contributed by atoms with van der Waals surface area (Å²) in [6, 6.07) is 19.8. The highest BCUT2D eigenvalue weighted by Crippen LogP contribution is 2.38. The van der Waals surface area contributed by atoms with Crippen LogP contribution in [0.4, 0.5) is 11.4 Å². The summed E-state index contributed by atoms with van der Waals surface area (Å²) in [5, 5.41) is 3.52. The van der Waals surface area contributed by atoms with Gasteiger partial charge in [0.2, 0.25) is 5.91 Å². The summed E-state index contributed by atoms with van der Waals surface area (Å²) in [7, 11) is -3.99. The number of likely N-dealkylation sites (tertiary alicyclic amines) is 1. The molecule has 1 amide bonds. The van der Waals surface area contributed by atoms with Gasteiger partial charge in [-0.25, -0.2) is 0 Å². The molecular formula is C31H34ClN3O4S. The summed E-state index contributed by atoms with van der Waals surface area (Å²) in [5.74, 6) is -1.04. The van der Waals surface area contributed by atoms with Crippen LogP contribution < -0.4 is 5.32 Å². The minimum absolute atomic E-state index is 0.00548. The minimum atomic E-state index is -3.99. The molecule has 1 N–H and O–H groups in total. The number of nitrogens with zero attached hydrogens (tertiary/aromatic N) is 2. The zero-order valence-electron chi connectivity index (χ0n) is 22.8. The zero-order valence-corrected chi connectivity index (χ0v) is 24.3. The van der Waals surface area contributed by atoms with Crippen molar-refractivity contribution in [1.29, 1.82) is 0 Å². The Morgan fingerprint density at radius 3 is 2.50 bits per heavy atom. The molecule has 3 aromatic carbocycles. The third-order valence-electron chi connectivity index (χ3n) is 7.17. The van der Waals surface area contributed by atoms with E-state index in [2.05, 4.69) is 10.2 Å². The summed E-state index contributed by atoms with van der Waals surface area (Å²) in [5.41, 5.74) is 4.02. The smallest absolute Gasteiger partial charge is 0.296 e. The van der Waals surface area contributed by atoms with Crippen molar-refractivity contribution >= 4 is 44.7 Å². The number of rotatable bonds is 9. The Balaban J connectivity index is 1.52. The van der Waals surface area contributed by atoms with E-state index in [-0.39, 0.29) is 23.3 Å². The Morgan fingerprint density at radius 1 is 1.05 bits per heavy atom. The van der Waals surface area contributed by atoms with Crippen LogP contribution in [-0.2, 0) is 25.6 Å². The van der Waals surface area contributed by atoms with E-state index in [1.807, 2.05) is 62.4 Å².